The van der Waals surface area contributed by atoms with Gasteiger partial charge in [0, 0.05) is 55.5 Å². The number of amides is 3. The maximum absolute atomic E-state index is 12.0. The highest BCUT2D eigenvalue weighted by Gasteiger charge is 2.42. The highest BCUT2D eigenvalue weighted by atomic mass is 32.2. The summed E-state index contributed by atoms with van der Waals surface area (Å²) in [4.78, 5) is 40.6. The van der Waals surface area contributed by atoms with Gasteiger partial charge in [0.2, 0.25) is 5.91 Å². The summed E-state index contributed by atoms with van der Waals surface area (Å²) in [5.74, 6) is 0.767. The van der Waals surface area contributed by atoms with Crippen molar-refractivity contribution >= 4 is 41.7 Å². The van der Waals surface area contributed by atoms with E-state index in [1.165, 1.54) is 0 Å². The number of hydrogen-bond acceptors (Lipinski definition) is 10. The Bertz CT molecular complexity index is 660. The zero-order valence-electron chi connectivity index (χ0n) is 18.7. The molecule has 4 unspecified atom stereocenters. The van der Waals surface area contributed by atoms with E-state index in [2.05, 4.69) is 25.3 Å². The van der Waals surface area contributed by atoms with E-state index in [-0.39, 0.29) is 35.2 Å². The summed E-state index contributed by atoms with van der Waals surface area (Å²) < 4.78 is 4.41. The summed E-state index contributed by atoms with van der Waals surface area (Å²) in [5, 5.41) is 22.7. The average Bonchev–Trinajstić information content (AvgIpc) is 3.48. The number of urea groups is 1. The fourth-order valence-corrected chi connectivity index (χ4v) is 6.40. The second kappa shape index (κ2) is 14.2. The van der Waals surface area contributed by atoms with Crippen molar-refractivity contribution in [2.75, 3.05) is 25.4 Å². The number of nitrogens with one attached hydrogen (secondary N) is 3. The van der Waals surface area contributed by atoms with E-state index in [1.54, 1.807) is 5.06 Å². The van der Waals surface area contributed by atoms with Gasteiger partial charge >= 0.3 is 12.0 Å². The van der Waals surface area contributed by atoms with Crippen molar-refractivity contribution in [3.05, 3.63) is 0 Å². The number of hydrogen-bond donors (Lipinski definition) is 4. The van der Waals surface area contributed by atoms with E-state index in [0.717, 1.165) is 62.7 Å². The molecule has 33 heavy (non-hydrogen) atoms. The first kappa shape index (κ1) is 26.4. The van der Waals surface area contributed by atoms with E-state index in [9.17, 15) is 14.4 Å². The first-order chi connectivity index (χ1) is 16.0. The molecule has 0 spiro atoms. The Balaban J connectivity index is 1.11. The van der Waals surface area contributed by atoms with E-state index in [0.29, 0.717) is 37.7 Å². The largest absolute Gasteiger partial charge is 0.368 e. The van der Waals surface area contributed by atoms with Gasteiger partial charge in [-0.05, 0) is 32.1 Å². The lowest BCUT2D eigenvalue weighted by molar-refractivity contribution is -0.432. The lowest BCUT2D eigenvalue weighted by atomic mass is 10.0. The second-order valence-corrected chi connectivity index (χ2v) is 10.8. The summed E-state index contributed by atoms with van der Waals surface area (Å²) in [5.41, 5.74) is 0. The minimum Gasteiger partial charge on any atom is -0.368 e. The molecule has 13 heteroatoms. The zero-order chi connectivity index (χ0) is 23.5. The molecule has 0 aliphatic carbocycles. The number of thioether (sulfide) groups is 1. The number of unbranched alkanes of at least 4 members (excludes halogenated alkanes) is 3. The zero-order valence-corrected chi connectivity index (χ0v) is 20.3. The molecule has 0 saturated carbocycles. The van der Waals surface area contributed by atoms with Crippen molar-refractivity contribution in [2.24, 2.45) is 0 Å². The lowest BCUT2D eigenvalue weighted by Gasteiger charge is -2.16. The molecule has 3 aliphatic rings. The van der Waals surface area contributed by atoms with Crippen LogP contribution < -0.4 is 16.0 Å². The average molecular weight is 507 g/mol. The fraction of sp³-hybridized carbons (Fsp3) is 0.850. The number of rotatable bonds is 15. The van der Waals surface area contributed by atoms with Gasteiger partial charge in [-0.3, -0.25) is 9.59 Å². The Kier molecular flexibility index (Phi) is 11.4. The van der Waals surface area contributed by atoms with Crippen LogP contribution in [0.2, 0.25) is 0 Å². The van der Waals surface area contributed by atoms with Crippen LogP contribution in [0.3, 0.4) is 0 Å². The van der Waals surface area contributed by atoms with Gasteiger partial charge in [0.1, 0.15) is 0 Å². The summed E-state index contributed by atoms with van der Waals surface area (Å²) in [6.07, 6.45) is 6.87. The molecule has 188 valence electrons. The topological polar surface area (TPSA) is 138 Å². The van der Waals surface area contributed by atoms with Crippen molar-refractivity contribution in [3.63, 3.8) is 0 Å². The Morgan fingerprint density at radius 3 is 2.88 bits per heavy atom. The predicted molar refractivity (Wildman–Crippen MR) is 124 cm³/mol. The molecule has 0 radical (unpaired) electrons. The lowest BCUT2D eigenvalue weighted by Crippen LogP contribution is -2.36. The van der Waals surface area contributed by atoms with Crippen LogP contribution >= 0.6 is 23.8 Å². The van der Waals surface area contributed by atoms with Gasteiger partial charge in [-0.25, -0.2) is 10.1 Å². The van der Waals surface area contributed by atoms with Crippen molar-refractivity contribution in [1.82, 2.24) is 21.0 Å². The van der Waals surface area contributed by atoms with Crippen LogP contribution in [0.4, 0.5) is 4.79 Å². The van der Waals surface area contributed by atoms with Gasteiger partial charge in [-0.1, -0.05) is 17.9 Å². The highest BCUT2D eigenvalue weighted by molar-refractivity contribution is 8.00. The summed E-state index contributed by atoms with van der Waals surface area (Å²) in [6.45, 7) is 1.77. The molecule has 3 fully saturated rings. The van der Waals surface area contributed by atoms with Crippen LogP contribution in [0.1, 0.15) is 57.8 Å². The van der Waals surface area contributed by atoms with Crippen LogP contribution in [0.15, 0.2) is 0 Å². The van der Waals surface area contributed by atoms with Gasteiger partial charge in [0.15, 0.2) is 0 Å². The maximum atomic E-state index is 12.0. The van der Waals surface area contributed by atoms with Crippen LogP contribution in [0.5, 0.6) is 0 Å². The smallest absolute Gasteiger partial charge is 0.325 e. The van der Waals surface area contributed by atoms with Gasteiger partial charge in [-0.15, -0.1) is 9.40 Å². The van der Waals surface area contributed by atoms with Crippen molar-refractivity contribution in [1.29, 1.82) is 0 Å². The summed E-state index contributed by atoms with van der Waals surface area (Å²) in [6, 6.07) is 0.408. The molecule has 0 aromatic carbocycles. The fourth-order valence-electron chi connectivity index (χ4n) is 4.28. The Labute approximate surface area is 202 Å². The Morgan fingerprint density at radius 1 is 1.18 bits per heavy atom. The third-order valence-corrected chi connectivity index (χ3v) is 8.31. The molecule has 3 heterocycles. The molecule has 0 aromatic rings. The summed E-state index contributed by atoms with van der Waals surface area (Å²) in [7, 11) is 0. The number of fused-ring (bicyclic) bond motifs is 1. The van der Waals surface area contributed by atoms with E-state index < -0.39 is 0 Å². The first-order valence-corrected chi connectivity index (χ1v) is 13.4. The molecule has 11 nitrogen and oxygen atoms in total. The molecular weight excluding hydrogens is 472 g/mol. The van der Waals surface area contributed by atoms with Crippen LogP contribution in [0, 0.1) is 0 Å². The number of carbonyl (C=O) groups excluding carboxylic acids is 3. The standard InChI is InChI=1S/C20H34N4O7S2/c25-17(7-4-3-6-16-19-15(13-32-16)22-20(27)23-19)21-10-5-1-2-8-18(26)29-24-11-9-14(12-24)33-31-30-28/h14-16,19,28H,1-13H2,(H,21,25)(H2,22,23,27). The second-order valence-electron chi connectivity index (χ2n) is 8.53. The van der Waals surface area contributed by atoms with Gasteiger partial charge in [0.25, 0.3) is 0 Å². The molecule has 3 saturated heterocycles. The van der Waals surface area contributed by atoms with Crippen molar-refractivity contribution < 1.29 is 33.9 Å². The Hall–Kier alpha value is -1.25. The SMILES string of the molecule is O=C(CCCCC1SCC2NC(=O)NC21)NCCCCCC(=O)ON1CCC(SOOO)C1. The summed E-state index contributed by atoms with van der Waals surface area (Å²) >= 11 is 2.90. The molecule has 3 rings (SSSR count). The van der Waals surface area contributed by atoms with Gasteiger partial charge in [-0.2, -0.15) is 11.8 Å². The molecule has 0 aromatic heterocycles. The molecule has 0 bridgehead atoms. The van der Waals surface area contributed by atoms with E-state index in [4.69, 9.17) is 10.1 Å². The van der Waals surface area contributed by atoms with Crippen LogP contribution in [-0.4, -0.2) is 76.2 Å². The molecule has 3 amide bonds. The minimum atomic E-state index is -0.260. The maximum Gasteiger partial charge on any atom is 0.325 e. The van der Waals surface area contributed by atoms with Gasteiger partial charge in [0.05, 0.1) is 17.3 Å². The van der Waals surface area contributed by atoms with Crippen molar-refractivity contribution in [2.45, 2.75) is 80.4 Å². The highest BCUT2D eigenvalue weighted by Crippen LogP contribution is 2.33. The number of carbonyl (C=O) groups is 3. The minimum absolute atomic E-state index is 0.0627. The van der Waals surface area contributed by atoms with Crippen molar-refractivity contribution in [3.8, 4) is 0 Å². The van der Waals surface area contributed by atoms with Gasteiger partial charge < -0.3 is 20.8 Å². The molecule has 4 atom stereocenters. The first-order valence-electron chi connectivity index (χ1n) is 11.6. The third-order valence-electron chi connectivity index (χ3n) is 6.00. The van der Waals surface area contributed by atoms with E-state index >= 15 is 0 Å². The van der Waals surface area contributed by atoms with E-state index in [1.807, 2.05) is 11.8 Å². The quantitative estimate of drug-likeness (QED) is 0.0857. The normalized spacial score (nSPS) is 26.6. The predicted octanol–water partition coefficient (Wildman–Crippen LogP) is 1.99. The Morgan fingerprint density at radius 2 is 2.03 bits per heavy atom. The molecular formula is C20H34N4O7S2. The monoisotopic (exact) mass is 506 g/mol. The van der Waals surface area contributed by atoms with Crippen LogP contribution in [-0.2, 0) is 23.8 Å². The number of nitrogens with zero attached hydrogens (tertiary/aromatic N) is 1. The molecule has 3 aliphatic heterocycles. The third kappa shape index (κ3) is 9.13. The van der Waals surface area contributed by atoms with Crippen LogP contribution in [0.25, 0.3) is 0 Å². The molecule has 4 N–H and O–H groups in total. The number of hydroxylamine groups is 2.